The van der Waals surface area contributed by atoms with E-state index in [0.717, 1.165) is 16.4 Å². The highest BCUT2D eigenvalue weighted by Gasteiger charge is 2.36. The third-order valence-electron chi connectivity index (χ3n) is 4.35. The van der Waals surface area contributed by atoms with E-state index in [1.807, 2.05) is 0 Å². The zero-order chi connectivity index (χ0) is 21.9. The van der Waals surface area contributed by atoms with Gasteiger partial charge in [-0.05, 0) is 47.5 Å². The highest BCUT2D eigenvalue weighted by molar-refractivity contribution is 7.89. The molecular formula is C21H17ClF2N2O3S. The molecule has 0 saturated carbocycles. The molecule has 0 aliphatic heterocycles. The van der Waals surface area contributed by atoms with Crippen molar-refractivity contribution in [3.05, 3.63) is 101 Å². The van der Waals surface area contributed by atoms with Gasteiger partial charge in [0.1, 0.15) is 17.7 Å². The predicted molar refractivity (Wildman–Crippen MR) is 109 cm³/mol. The van der Waals surface area contributed by atoms with Crippen molar-refractivity contribution in [1.29, 1.82) is 0 Å². The van der Waals surface area contributed by atoms with E-state index in [1.165, 1.54) is 24.3 Å². The average molecular weight is 451 g/mol. The zero-order valence-corrected chi connectivity index (χ0v) is 17.1. The molecule has 0 aliphatic carbocycles. The van der Waals surface area contributed by atoms with Crippen LogP contribution in [-0.2, 0) is 21.4 Å². The maximum absolute atomic E-state index is 13.7. The fourth-order valence-corrected chi connectivity index (χ4v) is 4.75. The third kappa shape index (κ3) is 4.84. The van der Waals surface area contributed by atoms with E-state index in [0.29, 0.717) is 16.7 Å². The molecule has 0 bridgehead atoms. The van der Waals surface area contributed by atoms with Crippen LogP contribution in [0.25, 0.3) is 0 Å². The summed E-state index contributed by atoms with van der Waals surface area (Å²) in [7, 11) is -4.31. The first-order valence-corrected chi connectivity index (χ1v) is 10.6. The Balaban J connectivity index is 2.16. The summed E-state index contributed by atoms with van der Waals surface area (Å²) >= 11 is 5.85. The maximum atomic E-state index is 13.7. The lowest BCUT2D eigenvalue weighted by atomic mass is 10.1. The van der Waals surface area contributed by atoms with Crippen molar-refractivity contribution < 1.29 is 22.0 Å². The molecule has 0 spiro atoms. The highest BCUT2D eigenvalue weighted by atomic mass is 35.5. The molecule has 3 aromatic carbocycles. The Hall–Kier alpha value is -2.81. The summed E-state index contributed by atoms with van der Waals surface area (Å²) in [5.74, 6) is -2.68. The molecule has 0 saturated heterocycles. The summed E-state index contributed by atoms with van der Waals surface area (Å²) in [4.78, 5) is 12.2. The van der Waals surface area contributed by atoms with Crippen molar-refractivity contribution in [3.8, 4) is 0 Å². The summed E-state index contributed by atoms with van der Waals surface area (Å²) in [5.41, 5.74) is 5.91. The second-order valence-corrected chi connectivity index (χ2v) is 8.82. The second-order valence-electron chi connectivity index (χ2n) is 6.50. The molecule has 0 aliphatic rings. The van der Waals surface area contributed by atoms with Gasteiger partial charge >= 0.3 is 0 Å². The van der Waals surface area contributed by atoms with Crippen LogP contribution in [-0.4, -0.2) is 18.6 Å². The number of halogens is 3. The lowest BCUT2D eigenvalue weighted by Crippen LogP contribution is -2.41. The van der Waals surface area contributed by atoms with Crippen LogP contribution in [0.2, 0.25) is 5.02 Å². The van der Waals surface area contributed by atoms with Gasteiger partial charge in [0, 0.05) is 17.6 Å². The average Bonchev–Trinajstić information content (AvgIpc) is 2.67. The van der Waals surface area contributed by atoms with E-state index in [9.17, 15) is 22.0 Å². The molecule has 1 atom stereocenters. The molecule has 3 rings (SSSR count). The van der Waals surface area contributed by atoms with Crippen LogP contribution in [0.15, 0.2) is 77.7 Å². The van der Waals surface area contributed by atoms with Crippen molar-refractivity contribution in [1.82, 2.24) is 4.31 Å². The minimum Gasteiger partial charge on any atom is -0.368 e. The molecule has 0 fully saturated rings. The Bertz CT molecular complexity index is 1140. The van der Waals surface area contributed by atoms with Gasteiger partial charge in [-0.1, -0.05) is 41.9 Å². The third-order valence-corrected chi connectivity index (χ3v) is 6.43. The topological polar surface area (TPSA) is 80.5 Å². The lowest BCUT2D eigenvalue weighted by Gasteiger charge is -2.29. The molecule has 0 aromatic heterocycles. The van der Waals surface area contributed by atoms with Gasteiger partial charge in [0.25, 0.3) is 0 Å². The molecule has 30 heavy (non-hydrogen) atoms. The number of rotatable bonds is 7. The standard InChI is InChI=1S/C21H17ClF2N2O3S/c22-16-6-8-19(9-7-16)30(28,29)26(13-14-10-17(23)12-18(24)11-14)20(21(25)27)15-4-2-1-3-5-15/h1-12,20H,13H2,(H2,25,27)/t20-/m1/s1. The molecule has 3 aromatic rings. The van der Waals surface area contributed by atoms with Crippen molar-refractivity contribution in [2.24, 2.45) is 5.73 Å². The molecule has 0 unspecified atom stereocenters. The van der Waals surface area contributed by atoms with Gasteiger partial charge in [-0.3, -0.25) is 4.79 Å². The highest BCUT2D eigenvalue weighted by Crippen LogP contribution is 2.30. The number of primary amides is 1. The van der Waals surface area contributed by atoms with E-state index >= 15 is 0 Å². The van der Waals surface area contributed by atoms with Crippen molar-refractivity contribution in [3.63, 3.8) is 0 Å². The number of nitrogens with two attached hydrogens (primary N) is 1. The van der Waals surface area contributed by atoms with Gasteiger partial charge in [-0.2, -0.15) is 4.31 Å². The first kappa shape index (κ1) is 21.9. The SMILES string of the molecule is NC(=O)[C@@H](c1ccccc1)N(Cc1cc(F)cc(F)c1)S(=O)(=O)c1ccc(Cl)cc1. The number of hydrogen-bond acceptors (Lipinski definition) is 3. The Labute approximate surface area is 177 Å². The molecule has 5 nitrogen and oxygen atoms in total. The number of amides is 1. The van der Waals surface area contributed by atoms with Crippen molar-refractivity contribution in [2.75, 3.05) is 0 Å². The number of benzene rings is 3. The largest absolute Gasteiger partial charge is 0.368 e. The van der Waals surface area contributed by atoms with Gasteiger partial charge in [-0.15, -0.1) is 0 Å². The first-order chi connectivity index (χ1) is 14.2. The summed E-state index contributed by atoms with van der Waals surface area (Å²) in [6.07, 6.45) is 0. The number of carbonyl (C=O) groups excluding carboxylic acids is 1. The summed E-state index contributed by atoms with van der Waals surface area (Å²) < 4.78 is 55.1. The van der Waals surface area contributed by atoms with Crippen molar-refractivity contribution in [2.45, 2.75) is 17.5 Å². The number of sulfonamides is 1. The van der Waals surface area contributed by atoms with E-state index < -0.39 is 40.2 Å². The van der Waals surface area contributed by atoms with Crippen LogP contribution in [0.4, 0.5) is 8.78 Å². The monoisotopic (exact) mass is 450 g/mol. The van der Waals surface area contributed by atoms with Crippen LogP contribution < -0.4 is 5.73 Å². The van der Waals surface area contributed by atoms with Crippen LogP contribution in [0.1, 0.15) is 17.2 Å². The van der Waals surface area contributed by atoms with Gasteiger partial charge < -0.3 is 5.73 Å². The van der Waals surface area contributed by atoms with Gasteiger partial charge in [0.15, 0.2) is 0 Å². The van der Waals surface area contributed by atoms with E-state index in [2.05, 4.69) is 0 Å². The normalized spacial score (nSPS) is 12.7. The van der Waals surface area contributed by atoms with Crippen LogP contribution in [0, 0.1) is 11.6 Å². The molecule has 0 heterocycles. The van der Waals surface area contributed by atoms with E-state index in [1.54, 1.807) is 30.3 Å². The van der Waals surface area contributed by atoms with Gasteiger partial charge in [-0.25, -0.2) is 17.2 Å². The van der Waals surface area contributed by atoms with Crippen LogP contribution >= 0.6 is 11.6 Å². The number of carbonyl (C=O) groups is 1. The smallest absolute Gasteiger partial charge is 0.244 e. The summed E-state index contributed by atoms with van der Waals surface area (Å²) in [6.45, 7) is -0.484. The summed E-state index contributed by atoms with van der Waals surface area (Å²) in [5, 5.41) is 0.321. The quantitative estimate of drug-likeness (QED) is 0.590. The molecule has 156 valence electrons. The molecule has 9 heteroatoms. The molecule has 1 amide bonds. The minimum absolute atomic E-state index is 0.0206. The Kier molecular flexibility index (Phi) is 6.50. The fraction of sp³-hybridized carbons (Fsp3) is 0.0952. The second kappa shape index (κ2) is 8.91. The predicted octanol–water partition coefficient (Wildman–Crippen LogP) is 4.04. The lowest BCUT2D eigenvalue weighted by molar-refractivity contribution is -0.122. The number of hydrogen-bond donors (Lipinski definition) is 1. The molecule has 2 N–H and O–H groups in total. The zero-order valence-electron chi connectivity index (χ0n) is 15.5. The van der Waals surface area contributed by atoms with Gasteiger partial charge in [0.05, 0.1) is 4.90 Å². The number of nitrogens with zero attached hydrogens (tertiary/aromatic N) is 1. The first-order valence-electron chi connectivity index (χ1n) is 8.75. The van der Waals surface area contributed by atoms with Crippen molar-refractivity contribution >= 4 is 27.5 Å². The fourth-order valence-electron chi connectivity index (χ4n) is 3.05. The molecular weight excluding hydrogens is 434 g/mol. The Morgan fingerprint density at radius 3 is 2.07 bits per heavy atom. The van der Waals surface area contributed by atoms with E-state index in [4.69, 9.17) is 17.3 Å². The Morgan fingerprint density at radius 1 is 0.967 bits per heavy atom. The molecule has 0 radical (unpaired) electrons. The van der Waals surface area contributed by atoms with E-state index in [-0.39, 0.29) is 10.5 Å². The Morgan fingerprint density at radius 2 is 1.53 bits per heavy atom. The maximum Gasteiger partial charge on any atom is 0.244 e. The van der Waals surface area contributed by atoms with Crippen LogP contribution in [0.5, 0.6) is 0 Å². The van der Waals surface area contributed by atoms with Gasteiger partial charge in [0.2, 0.25) is 15.9 Å². The minimum atomic E-state index is -4.31. The summed E-state index contributed by atoms with van der Waals surface area (Å²) in [6, 6.07) is 14.6. The van der Waals surface area contributed by atoms with Crippen LogP contribution in [0.3, 0.4) is 0 Å².